The van der Waals surface area contributed by atoms with Crippen molar-refractivity contribution < 1.29 is 23.8 Å². The fourth-order valence-corrected chi connectivity index (χ4v) is 2.86. The zero-order valence-electron chi connectivity index (χ0n) is 18.1. The van der Waals surface area contributed by atoms with E-state index in [9.17, 15) is 9.59 Å². The number of hydrogen-bond acceptors (Lipinski definition) is 6. The van der Waals surface area contributed by atoms with Crippen molar-refractivity contribution in [3.05, 3.63) is 89.0 Å². The van der Waals surface area contributed by atoms with Gasteiger partial charge in [0.05, 0.1) is 31.1 Å². The Labute approximate surface area is 186 Å². The lowest BCUT2D eigenvalue weighted by Gasteiger charge is -2.11. The van der Waals surface area contributed by atoms with Gasteiger partial charge >= 0.3 is 5.97 Å². The van der Waals surface area contributed by atoms with Gasteiger partial charge in [-0.2, -0.15) is 5.10 Å². The van der Waals surface area contributed by atoms with E-state index < -0.39 is 11.9 Å². The van der Waals surface area contributed by atoms with Gasteiger partial charge in [0.1, 0.15) is 5.75 Å². The molecular formula is C25H24N2O5. The number of esters is 1. The number of hydrogen-bond donors (Lipinski definition) is 1. The predicted octanol–water partition coefficient (Wildman–Crippen LogP) is 4.39. The number of methoxy groups -OCH3 is 1. The number of carbonyl (C=O) groups is 2. The summed E-state index contributed by atoms with van der Waals surface area (Å²) in [6, 6.07) is 19.0. The summed E-state index contributed by atoms with van der Waals surface area (Å²) >= 11 is 0. The summed E-state index contributed by atoms with van der Waals surface area (Å²) in [6.45, 7) is 4.17. The Bertz CT molecular complexity index is 1120. The van der Waals surface area contributed by atoms with E-state index >= 15 is 0 Å². The number of rotatable bonds is 8. The Kier molecular flexibility index (Phi) is 7.59. The first-order valence-electron chi connectivity index (χ1n) is 10.0. The molecule has 1 N–H and O–H groups in total. The summed E-state index contributed by atoms with van der Waals surface area (Å²) < 4.78 is 16.3. The number of benzene rings is 3. The van der Waals surface area contributed by atoms with Crippen molar-refractivity contribution in [2.75, 3.05) is 13.7 Å². The van der Waals surface area contributed by atoms with Crippen LogP contribution in [0.15, 0.2) is 71.8 Å². The minimum Gasteiger partial charge on any atom is -0.496 e. The summed E-state index contributed by atoms with van der Waals surface area (Å²) in [7, 11) is 1.50. The second kappa shape index (κ2) is 10.8. The van der Waals surface area contributed by atoms with Crippen molar-refractivity contribution >= 4 is 18.1 Å². The maximum absolute atomic E-state index is 12.4. The van der Waals surface area contributed by atoms with Crippen LogP contribution < -0.4 is 19.6 Å². The molecule has 1 amide bonds. The standard InChI is InChI=1S/C25H24N2O5/c1-4-31-23-15-18(16-26-27-24(28)20-7-5-6-8-21(20)30-3)11-14-22(23)32-25(29)19-12-9-17(2)10-13-19/h5-16H,4H2,1-3H3,(H,27,28)/b26-16+. The van der Waals surface area contributed by atoms with Crippen molar-refractivity contribution in [3.63, 3.8) is 0 Å². The van der Waals surface area contributed by atoms with E-state index in [-0.39, 0.29) is 0 Å². The fourth-order valence-electron chi connectivity index (χ4n) is 2.86. The molecule has 164 valence electrons. The summed E-state index contributed by atoms with van der Waals surface area (Å²) in [5.41, 5.74) is 5.00. The number of ether oxygens (including phenoxy) is 3. The molecule has 0 fully saturated rings. The maximum Gasteiger partial charge on any atom is 0.343 e. The van der Waals surface area contributed by atoms with Crippen LogP contribution in [0.25, 0.3) is 0 Å². The Morgan fingerprint density at radius 3 is 2.44 bits per heavy atom. The quantitative estimate of drug-likeness (QED) is 0.247. The molecule has 0 aliphatic heterocycles. The number of nitrogens with zero attached hydrogens (tertiary/aromatic N) is 1. The molecule has 0 aliphatic rings. The van der Waals surface area contributed by atoms with E-state index in [2.05, 4.69) is 10.5 Å². The van der Waals surface area contributed by atoms with E-state index in [1.54, 1.807) is 54.6 Å². The molecule has 3 aromatic carbocycles. The molecule has 0 bridgehead atoms. The van der Waals surface area contributed by atoms with E-state index in [1.165, 1.54) is 13.3 Å². The molecule has 0 atom stereocenters. The highest BCUT2D eigenvalue weighted by atomic mass is 16.6. The second-order valence-electron chi connectivity index (χ2n) is 6.79. The molecule has 0 aromatic heterocycles. The van der Waals surface area contributed by atoms with Crippen molar-refractivity contribution in [1.82, 2.24) is 5.43 Å². The molecule has 0 radical (unpaired) electrons. The molecule has 3 rings (SSSR count). The van der Waals surface area contributed by atoms with Crippen LogP contribution in [0.1, 0.15) is 38.8 Å². The number of amides is 1. The number of hydrazone groups is 1. The molecule has 7 nitrogen and oxygen atoms in total. The van der Waals surface area contributed by atoms with Crippen LogP contribution in [0.2, 0.25) is 0 Å². The normalized spacial score (nSPS) is 10.6. The van der Waals surface area contributed by atoms with Crippen LogP contribution in [0.4, 0.5) is 0 Å². The summed E-state index contributed by atoms with van der Waals surface area (Å²) in [6.07, 6.45) is 1.47. The van der Waals surface area contributed by atoms with Gasteiger partial charge in [-0.25, -0.2) is 10.2 Å². The van der Waals surface area contributed by atoms with E-state index in [0.717, 1.165) is 5.56 Å². The number of aryl methyl sites for hydroxylation is 1. The highest BCUT2D eigenvalue weighted by molar-refractivity contribution is 5.97. The van der Waals surface area contributed by atoms with Crippen LogP contribution in [-0.4, -0.2) is 31.8 Å². The van der Waals surface area contributed by atoms with Crippen molar-refractivity contribution in [3.8, 4) is 17.2 Å². The molecule has 0 aliphatic carbocycles. The monoisotopic (exact) mass is 432 g/mol. The van der Waals surface area contributed by atoms with Gasteiger partial charge in [0.15, 0.2) is 11.5 Å². The second-order valence-corrected chi connectivity index (χ2v) is 6.79. The van der Waals surface area contributed by atoms with Crippen LogP contribution in [-0.2, 0) is 0 Å². The number of carbonyl (C=O) groups excluding carboxylic acids is 2. The van der Waals surface area contributed by atoms with Crippen LogP contribution >= 0.6 is 0 Å². The largest absolute Gasteiger partial charge is 0.496 e. The first-order chi connectivity index (χ1) is 15.5. The fraction of sp³-hybridized carbons (Fsp3) is 0.160. The molecule has 0 saturated heterocycles. The van der Waals surface area contributed by atoms with Gasteiger partial charge in [-0.3, -0.25) is 4.79 Å². The van der Waals surface area contributed by atoms with Crippen molar-refractivity contribution in [2.24, 2.45) is 5.10 Å². The van der Waals surface area contributed by atoms with Crippen molar-refractivity contribution in [1.29, 1.82) is 0 Å². The van der Waals surface area contributed by atoms with Gasteiger partial charge in [0, 0.05) is 0 Å². The summed E-state index contributed by atoms with van der Waals surface area (Å²) in [5.74, 6) is 0.281. The molecule has 0 saturated carbocycles. The van der Waals surface area contributed by atoms with Gasteiger partial charge in [0.25, 0.3) is 5.91 Å². The molecule has 32 heavy (non-hydrogen) atoms. The van der Waals surface area contributed by atoms with E-state index in [0.29, 0.717) is 40.5 Å². The van der Waals surface area contributed by atoms with E-state index in [4.69, 9.17) is 14.2 Å². The van der Waals surface area contributed by atoms with Crippen LogP contribution in [0.5, 0.6) is 17.2 Å². The molecule has 0 spiro atoms. The van der Waals surface area contributed by atoms with E-state index in [1.807, 2.05) is 26.0 Å². The smallest absolute Gasteiger partial charge is 0.343 e. The third-order valence-corrected chi connectivity index (χ3v) is 4.49. The number of para-hydroxylation sites is 1. The average molecular weight is 432 g/mol. The van der Waals surface area contributed by atoms with Gasteiger partial charge in [-0.15, -0.1) is 0 Å². The average Bonchev–Trinajstić information content (AvgIpc) is 2.81. The Hall–Kier alpha value is -4.13. The van der Waals surface area contributed by atoms with Gasteiger partial charge in [0.2, 0.25) is 0 Å². The Balaban J connectivity index is 1.71. The zero-order chi connectivity index (χ0) is 22.9. The molecule has 3 aromatic rings. The van der Waals surface area contributed by atoms with Crippen LogP contribution in [0.3, 0.4) is 0 Å². The third-order valence-electron chi connectivity index (χ3n) is 4.49. The minimum absolute atomic E-state index is 0.299. The Morgan fingerprint density at radius 2 is 1.72 bits per heavy atom. The van der Waals surface area contributed by atoms with Gasteiger partial charge in [-0.1, -0.05) is 29.8 Å². The van der Waals surface area contributed by atoms with Crippen molar-refractivity contribution in [2.45, 2.75) is 13.8 Å². The maximum atomic E-state index is 12.4. The first kappa shape index (κ1) is 22.6. The molecule has 0 unspecified atom stereocenters. The topological polar surface area (TPSA) is 86.2 Å². The summed E-state index contributed by atoms with van der Waals surface area (Å²) in [4.78, 5) is 24.8. The minimum atomic E-state index is -0.476. The van der Waals surface area contributed by atoms with Crippen LogP contribution in [0, 0.1) is 6.92 Å². The lowest BCUT2D eigenvalue weighted by atomic mass is 10.1. The Morgan fingerprint density at radius 1 is 0.969 bits per heavy atom. The molecule has 7 heteroatoms. The zero-order valence-corrected chi connectivity index (χ0v) is 18.1. The van der Waals surface area contributed by atoms with Gasteiger partial charge < -0.3 is 14.2 Å². The number of nitrogens with one attached hydrogen (secondary N) is 1. The van der Waals surface area contributed by atoms with Gasteiger partial charge in [-0.05, 0) is 61.9 Å². The highest BCUT2D eigenvalue weighted by Gasteiger charge is 2.13. The lowest BCUT2D eigenvalue weighted by molar-refractivity contribution is 0.0728. The molecule has 0 heterocycles. The predicted molar refractivity (Wildman–Crippen MR) is 122 cm³/mol. The summed E-state index contributed by atoms with van der Waals surface area (Å²) in [5, 5.41) is 4.00. The highest BCUT2D eigenvalue weighted by Crippen LogP contribution is 2.29. The lowest BCUT2D eigenvalue weighted by Crippen LogP contribution is -2.18. The molecular weight excluding hydrogens is 408 g/mol. The first-order valence-corrected chi connectivity index (χ1v) is 10.0. The third kappa shape index (κ3) is 5.72. The SMILES string of the molecule is CCOc1cc(/C=N/NC(=O)c2ccccc2OC)ccc1OC(=O)c1ccc(C)cc1.